The third-order valence-corrected chi connectivity index (χ3v) is 14.7. The first kappa shape index (κ1) is 70.8. The van der Waals surface area contributed by atoms with E-state index in [0.717, 1.165) is 77.0 Å². The fourth-order valence-electron chi connectivity index (χ4n) is 9.42. The molecule has 0 aliphatic rings. The first-order valence-electron chi connectivity index (χ1n) is 31.2. The summed E-state index contributed by atoms with van der Waals surface area (Å²) in [6.45, 7) is 10.1. The number of nitro groups is 1. The molecule has 0 atom stereocenters. The zero-order chi connectivity index (χ0) is 56.5. The van der Waals surface area contributed by atoms with Crippen molar-refractivity contribution in [3.05, 3.63) is 34.4 Å². The lowest BCUT2D eigenvalue weighted by Gasteiger charge is -2.30. The number of carbonyl (C=O) groups excluding carboxylic acids is 5. The molecule has 0 heterocycles. The molecular formula is C63H109NO13. The number of hydrogen-bond donors (Lipinski definition) is 0. The Morgan fingerprint density at radius 2 is 0.714 bits per heavy atom. The molecule has 14 nitrogen and oxygen atoms in total. The van der Waals surface area contributed by atoms with E-state index in [4.69, 9.17) is 28.4 Å². The molecule has 0 bridgehead atoms. The Labute approximate surface area is 466 Å². The van der Waals surface area contributed by atoms with Crippen LogP contribution in [0.4, 0.5) is 10.5 Å². The molecule has 0 saturated heterocycles. The normalized spacial score (nSPS) is 11.5. The van der Waals surface area contributed by atoms with Crippen molar-refractivity contribution in [1.82, 2.24) is 0 Å². The molecule has 0 saturated carbocycles. The van der Waals surface area contributed by atoms with E-state index < -0.39 is 28.4 Å². The monoisotopic (exact) mass is 1090 g/mol. The number of non-ortho nitro benzene ring substituents is 1. The summed E-state index contributed by atoms with van der Waals surface area (Å²) in [6.07, 6.45) is 38.5. The third-order valence-electron chi connectivity index (χ3n) is 14.7. The van der Waals surface area contributed by atoms with Gasteiger partial charge in [-0.2, -0.15) is 0 Å². The molecule has 0 fully saturated rings. The zero-order valence-electron chi connectivity index (χ0n) is 49.3. The number of rotatable bonds is 53. The number of carbonyl (C=O) groups is 5. The van der Waals surface area contributed by atoms with Gasteiger partial charge in [-0.1, -0.05) is 189 Å². The molecule has 0 aromatic heterocycles. The number of nitro benzene ring substituents is 1. The van der Waals surface area contributed by atoms with Gasteiger partial charge in [0.25, 0.3) is 5.69 Å². The van der Waals surface area contributed by atoms with Crippen LogP contribution in [0.2, 0.25) is 0 Å². The molecule has 0 amide bonds. The number of unbranched alkanes of at least 4 members (excludes halogenated alkanes) is 26. The van der Waals surface area contributed by atoms with E-state index in [9.17, 15) is 34.1 Å². The Kier molecular flexibility index (Phi) is 44.9. The van der Waals surface area contributed by atoms with Gasteiger partial charge in [0, 0.05) is 37.8 Å². The highest BCUT2D eigenvalue weighted by Gasteiger charge is 2.35. The molecule has 1 rings (SSSR count). The Morgan fingerprint density at radius 1 is 0.416 bits per heavy atom. The minimum absolute atomic E-state index is 0.0170. The van der Waals surface area contributed by atoms with Gasteiger partial charge in [0.15, 0.2) is 0 Å². The van der Waals surface area contributed by atoms with Crippen molar-refractivity contribution < 1.29 is 57.3 Å². The van der Waals surface area contributed by atoms with Crippen LogP contribution in [0.5, 0.6) is 5.75 Å². The summed E-state index contributed by atoms with van der Waals surface area (Å²) in [6, 6.07) is 4.97. The van der Waals surface area contributed by atoms with Gasteiger partial charge >= 0.3 is 30.0 Å². The van der Waals surface area contributed by atoms with Crippen molar-refractivity contribution in [3.8, 4) is 5.75 Å². The standard InChI is InChI=1S/C63H109NO13/c1-6-11-15-19-23-31-39-55(40-32-24-20-16-12-7-2)75-60(67)45-37-29-27-35-43-58(65)72-51-63(10-5,53-74-62(69)77-57-49-47-54(48-50-57)64(70)71)52-73-59(66)44-36-28-30-38-46-61(68)76-56(41-33-25-21-17-13-8-3)42-34-26-22-18-14-9-4/h47-50,55-56H,6-46,51-53H2,1-5H3. The van der Waals surface area contributed by atoms with Crippen LogP contribution in [0.25, 0.3) is 0 Å². The average molecular weight is 1090 g/mol. The van der Waals surface area contributed by atoms with E-state index in [-0.39, 0.29) is 68.2 Å². The van der Waals surface area contributed by atoms with Gasteiger partial charge < -0.3 is 28.4 Å². The maximum absolute atomic E-state index is 13.1. The lowest BCUT2D eigenvalue weighted by Crippen LogP contribution is -2.39. The molecule has 0 radical (unpaired) electrons. The maximum atomic E-state index is 13.1. The van der Waals surface area contributed by atoms with Gasteiger partial charge in [-0.15, -0.1) is 0 Å². The predicted octanol–water partition coefficient (Wildman–Crippen LogP) is 18.1. The van der Waals surface area contributed by atoms with Crippen LogP contribution >= 0.6 is 0 Å². The van der Waals surface area contributed by atoms with Gasteiger partial charge in [-0.05, 0) is 95.6 Å². The van der Waals surface area contributed by atoms with Gasteiger partial charge in [0.05, 0.1) is 10.3 Å². The molecule has 0 aliphatic carbocycles. The molecular weight excluding hydrogens is 979 g/mol. The first-order valence-corrected chi connectivity index (χ1v) is 31.2. The summed E-state index contributed by atoms with van der Waals surface area (Å²) >= 11 is 0. The lowest BCUT2D eigenvalue weighted by atomic mass is 9.88. The number of ether oxygens (including phenoxy) is 6. The molecule has 0 spiro atoms. The molecule has 14 heteroatoms. The van der Waals surface area contributed by atoms with Crippen LogP contribution in [0.3, 0.4) is 0 Å². The first-order chi connectivity index (χ1) is 37.4. The van der Waals surface area contributed by atoms with Gasteiger partial charge in [0.2, 0.25) is 0 Å². The summed E-state index contributed by atoms with van der Waals surface area (Å²) in [4.78, 5) is 75.2. The minimum atomic E-state index is -1.08. The molecule has 0 N–H and O–H groups in total. The van der Waals surface area contributed by atoms with Crippen LogP contribution in [-0.2, 0) is 42.9 Å². The van der Waals surface area contributed by atoms with Crippen molar-refractivity contribution in [3.63, 3.8) is 0 Å². The van der Waals surface area contributed by atoms with Gasteiger partial charge in [-0.25, -0.2) is 4.79 Å². The van der Waals surface area contributed by atoms with Gasteiger partial charge in [-0.3, -0.25) is 29.3 Å². The summed E-state index contributed by atoms with van der Waals surface area (Å²) in [5.74, 6) is -1.12. The second-order valence-corrected chi connectivity index (χ2v) is 21.8. The molecule has 1 aromatic rings. The SMILES string of the molecule is CCCCCCCCC(CCCCCCCC)OC(=O)CCCCCCC(=O)OCC(CC)(COC(=O)CCCCCCC(=O)OC(CCCCCCCC)CCCCCCCC)COC(=O)Oc1ccc([N+](=O)[O-])cc1. The van der Waals surface area contributed by atoms with E-state index in [1.165, 1.54) is 153 Å². The molecule has 77 heavy (non-hydrogen) atoms. The Hall–Kier alpha value is -4.23. The predicted molar refractivity (Wildman–Crippen MR) is 307 cm³/mol. The van der Waals surface area contributed by atoms with E-state index in [2.05, 4.69) is 27.7 Å². The summed E-state index contributed by atoms with van der Waals surface area (Å²) in [7, 11) is 0. The number of hydrogen-bond acceptors (Lipinski definition) is 13. The van der Waals surface area contributed by atoms with Crippen LogP contribution in [0.15, 0.2) is 24.3 Å². The highest BCUT2D eigenvalue weighted by Crippen LogP contribution is 2.27. The summed E-state index contributed by atoms with van der Waals surface area (Å²) in [5.41, 5.74) is -1.24. The topological polar surface area (TPSA) is 184 Å². The smallest absolute Gasteiger partial charge is 0.465 e. The van der Waals surface area contributed by atoms with Crippen LogP contribution in [0.1, 0.15) is 298 Å². The van der Waals surface area contributed by atoms with Crippen molar-refractivity contribution in [1.29, 1.82) is 0 Å². The third kappa shape index (κ3) is 40.6. The zero-order valence-corrected chi connectivity index (χ0v) is 49.3. The van der Waals surface area contributed by atoms with Crippen molar-refractivity contribution in [2.45, 2.75) is 310 Å². The average Bonchev–Trinajstić information content (AvgIpc) is 3.42. The van der Waals surface area contributed by atoms with Crippen molar-refractivity contribution >= 4 is 35.7 Å². The summed E-state index contributed by atoms with van der Waals surface area (Å²) in [5, 5.41) is 11.1. The van der Waals surface area contributed by atoms with Crippen LogP contribution in [0, 0.1) is 15.5 Å². The fourth-order valence-corrected chi connectivity index (χ4v) is 9.42. The lowest BCUT2D eigenvalue weighted by molar-refractivity contribution is -0.384. The molecule has 0 aliphatic heterocycles. The summed E-state index contributed by atoms with van der Waals surface area (Å²) < 4.78 is 34.2. The molecule has 1 aromatic carbocycles. The largest absolute Gasteiger partial charge is 0.513 e. The van der Waals surface area contributed by atoms with E-state index in [1.54, 1.807) is 0 Å². The number of benzene rings is 1. The van der Waals surface area contributed by atoms with E-state index in [0.29, 0.717) is 44.9 Å². The van der Waals surface area contributed by atoms with Crippen LogP contribution in [-0.4, -0.2) is 67.0 Å². The maximum Gasteiger partial charge on any atom is 0.513 e. The fraction of sp³-hybridized carbons (Fsp3) is 0.825. The highest BCUT2D eigenvalue weighted by atomic mass is 16.7. The molecule has 0 unspecified atom stereocenters. The highest BCUT2D eigenvalue weighted by molar-refractivity contribution is 5.71. The van der Waals surface area contributed by atoms with Gasteiger partial charge in [0.1, 0.15) is 37.8 Å². The van der Waals surface area contributed by atoms with Crippen molar-refractivity contribution in [2.75, 3.05) is 19.8 Å². The Bertz CT molecular complexity index is 1540. The van der Waals surface area contributed by atoms with E-state index in [1.807, 2.05) is 6.92 Å². The van der Waals surface area contributed by atoms with Crippen molar-refractivity contribution in [2.24, 2.45) is 5.41 Å². The molecule has 444 valence electrons. The second kappa shape index (κ2) is 48.9. The van der Waals surface area contributed by atoms with E-state index >= 15 is 0 Å². The number of nitrogens with zero attached hydrogens (tertiary/aromatic N) is 1. The quantitative estimate of drug-likeness (QED) is 0.0150. The second-order valence-electron chi connectivity index (χ2n) is 21.8. The number of esters is 4. The Morgan fingerprint density at radius 3 is 1.04 bits per heavy atom. The minimum Gasteiger partial charge on any atom is -0.465 e. The Balaban J connectivity index is 2.68. The van der Waals surface area contributed by atoms with Crippen LogP contribution < -0.4 is 4.74 Å².